The normalized spacial score (nSPS) is 23.1. The lowest BCUT2D eigenvalue weighted by Gasteiger charge is -2.33. The number of ether oxygens (including phenoxy) is 2. The molecular formula is C22H30ClN3O5. The van der Waals surface area contributed by atoms with Gasteiger partial charge in [-0.05, 0) is 57.1 Å². The molecule has 1 saturated heterocycles. The van der Waals surface area contributed by atoms with Crippen LogP contribution in [0.15, 0.2) is 12.1 Å². The number of carbonyl (C=O) groups excluding carboxylic acids is 3. The maximum atomic E-state index is 13.0. The maximum Gasteiger partial charge on any atom is 0.344 e. The summed E-state index contributed by atoms with van der Waals surface area (Å²) >= 11 is 6.35. The summed E-state index contributed by atoms with van der Waals surface area (Å²) in [4.78, 5) is 38.3. The summed E-state index contributed by atoms with van der Waals surface area (Å²) in [5.74, 6) is 0.169. The fourth-order valence-electron chi connectivity index (χ4n) is 3.90. The highest BCUT2D eigenvalue weighted by molar-refractivity contribution is 6.32. The van der Waals surface area contributed by atoms with Gasteiger partial charge in [-0.25, -0.2) is 4.79 Å². The molecule has 1 heterocycles. The number of hydrogen-bond donors (Lipinski definition) is 2. The zero-order chi connectivity index (χ0) is 22.6. The average Bonchev–Trinajstić information content (AvgIpc) is 2.96. The first-order valence-corrected chi connectivity index (χ1v) is 11.3. The van der Waals surface area contributed by atoms with E-state index < -0.39 is 23.4 Å². The van der Waals surface area contributed by atoms with Crippen LogP contribution in [0.4, 0.5) is 4.79 Å². The predicted octanol–water partition coefficient (Wildman–Crippen LogP) is 4.06. The average molecular weight is 452 g/mol. The quantitative estimate of drug-likeness (QED) is 0.458. The lowest BCUT2D eigenvalue weighted by molar-refractivity contribution is -0.134. The third-order valence-electron chi connectivity index (χ3n) is 5.82. The number of amides is 4. The second kappa shape index (κ2) is 9.77. The number of carbonyl (C=O) groups is 3. The van der Waals surface area contributed by atoms with Crippen LogP contribution < -0.4 is 20.2 Å². The first-order valence-electron chi connectivity index (χ1n) is 10.9. The van der Waals surface area contributed by atoms with Gasteiger partial charge in [0.25, 0.3) is 11.8 Å². The third-order valence-corrected chi connectivity index (χ3v) is 6.10. The number of halogens is 1. The van der Waals surface area contributed by atoms with Crippen LogP contribution in [0.1, 0.15) is 69.7 Å². The minimum Gasteiger partial charge on any atom is -0.490 e. The molecule has 0 bridgehead atoms. The van der Waals surface area contributed by atoms with Gasteiger partial charge in [-0.15, -0.1) is 0 Å². The minimum atomic E-state index is -0.929. The van der Waals surface area contributed by atoms with Crippen molar-refractivity contribution in [2.24, 2.45) is 5.92 Å². The Morgan fingerprint density at radius 2 is 1.97 bits per heavy atom. The fraction of sp³-hybridized carbons (Fsp3) is 0.591. The number of urea groups is 1. The molecule has 1 aromatic carbocycles. The predicted molar refractivity (Wildman–Crippen MR) is 116 cm³/mol. The van der Waals surface area contributed by atoms with Crippen LogP contribution in [0, 0.1) is 5.92 Å². The van der Waals surface area contributed by atoms with Gasteiger partial charge in [-0.1, -0.05) is 31.9 Å². The molecule has 4 amide bonds. The summed E-state index contributed by atoms with van der Waals surface area (Å²) in [5, 5.41) is 3.78. The van der Waals surface area contributed by atoms with E-state index in [2.05, 4.69) is 24.6 Å². The largest absolute Gasteiger partial charge is 0.490 e. The Bertz CT molecular complexity index is 852. The van der Waals surface area contributed by atoms with E-state index in [1.165, 1.54) is 12.1 Å². The van der Waals surface area contributed by atoms with Gasteiger partial charge in [0.2, 0.25) is 0 Å². The number of hydrogen-bond acceptors (Lipinski definition) is 5. The van der Waals surface area contributed by atoms with E-state index in [0.29, 0.717) is 43.5 Å². The van der Waals surface area contributed by atoms with Crippen molar-refractivity contribution >= 4 is 29.4 Å². The lowest BCUT2D eigenvalue weighted by atomic mass is 9.77. The number of benzene rings is 1. The van der Waals surface area contributed by atoms with E-state index in [-0.39, 0.29) is 10.6 Å². The maximum absolute atomic E-state index is 13.0. The van der Waals surface area contributed by atoms with Gasteiger partial charge in [0, 0.05) is 5.56 Å². The van der Waals surface area contributed by atoms with Crippen LogP contribution in [0.25, 0.3) is 0 Å². The van der Waals surface area contributed by atoms with Crippen LogP contribution in [-0.2, 0) is 4.79 Å². The molecule has 9 heteroatoms. The van der Waals surface area contributed by atoms with Crippen LogP contribution in [0.5, 0.6) is 11.5 Å². The van der Waals surface area contributed by atoms with Gasteiger partial charge in [0.1, 0.15) is 5.54 Å². The van der Waals surface area contributed by atoms with Gasteiger partial charge in [-0.2, -0.15) is 5.01 Å². The van der Waals surface area contributed by atoms with Crippen LogP contribution in [-0.4, -0.2) is 41.6 Å². The molecular weight excluding hydrogens is 422 g/mol. The summed E-state index contributed by atoms with van der Waals surface area (Å²) in [6.07, 6.45) is 4.65. The zero-order valence-electron chi connectivity index (χ0n) is 18.3. The van der Waals surface area contributed by atoms with Crippen molar-refractivity contribution in [3.05, 3.63) is 22.7 Å². The highest BCUT2D eigenvalue weighted by Gasteiger charge is 2.53. The molecule has 170 valence electrons. The number of nitrogens with zero attached hydrogens (tertiary/aromatic N) is 1. The third kappa shape index (κ3) is 4.89. The van der Waals surface area contributed by atoms with Gasteiger partial charge in [0.15, 0.2) is 11.5 Å². The minimum absolute atomic E-state index is 0.162. The van der Waals surface area contributed by atoms with Crippen molar-refractivity contribution in [3.63, 3.8) is 0 Å². The van der Waals surface area contributed by atoms with Crippen LogP contribution in [0.3, 0.4) is 0 Å². The molecule has 0 radical (unpaired) electrons. The van der Waals surface area contributed by atoms with Crippen molar-refractivity contribution < 1.29 is 23.9 Å². The van der Waals surface area contributed by atoms with Gasteiger partial charge in [-0.3, -0.25) is 15.0 Å². The highest BCUT2D eigenvalue weighted by Crippen LogP contribution is 2.38. The molecule has 3 rings (SSSR count). The Balaban J connectivity index is 1.76. The highest BCUT2D eigenvalue weighted by atomic mass is 35.5. The van der Waals surface area contributed by atoms with Crippen LogP contribution in [0.2, 0.25) is 5.02 Å². The standard InChI is InChI=1S/C22H30ClN3O5/c1-4-6-11-31-18-16(23)12-15(13-17(18)30-5-2)19(27)25-26-20(28)22(24-21(26)29)9-7-14(3)8-10-22/h12-14H,4-11H2,1-3H3,(H,24,29)(H,25,27). The molecule has 8 nitrogen and oxygen atoms in total. The molecule has 1 aromatic rings. The molecule has 2 N–H and O–H groups in total. The first-order chi connectivity index (χ1) is 14.8. The molecule has 0 aromatic heterocycles. The summed E-state index contributed by atoms with van der Waals surface area (Å²) in [6.45, 7) is 6.83. The monoisotopic (exact) mass is 451 g/mol. The van der Waals surface area contributed by atoms with Gasteiger partial charge < -0.3 is 14.8 Å². The topological polar surface area (TPSA) is 97.0 Å². The summed E-state index contributed by atoms with van der Waals surface area (Å²) in [5.41, 5.74) is 1.66. The van der Waals surface area contributed by atoms with Crippen molar-refractivity contribution in [1.29, 1.82) is 0 Å². The Labute approximate surface area is 187 Å². The molecule has 0 unspecified atom stereocenters. The molecule has 31 heavy (non-hydrogen) atoms. The number of nitrogens with one attached hydrogen (secondary N) is 2. The van der Waals surface area contributed by atoms with E-state index in [9.17, 15) is 14.4 Å². The van der Waals surface area contributed by atoms with E-state index in [1.807, 2.05) is 6.92 Å². The number of imide groups is 1. The number of rotatable bonds is 8. The molecule has 1 spiro atoms. The van der Waals surface area contributed by atoms with Crippen molar-refractivity contribution in [2.45, 2.75) is 64.8 Å². The van der Waals surface area contributed by atoms with Gasteiger partial charge >= 0.3 is 6.03 Å². The molecule has 1 aliphatic heterocycles. The van der Waals surface area contributed by atoms with E-state index in [4.69, 9.17) is 21.1 Å². The summed E-state index contributed by atoms with van der Waals surface area (Å²) in [7, 11) is 0. The SMILES string of the molecule is CCCCOc1c(Cl)cc(C(=O)NN2C(=O)NC3(CCC(C)CC3)C2=O)cc1OCC. The van der Waals surface area contributed by atoms with Crippen molar-refractivity contribution in [1.82, 2.24) is 15.8 Å². The molecule has 2 aliphatic rings. The smallest absolute Gasteiger partial charge is 0.344 e. The first kappa shape index (κ1) is 23.2. The fourth-order valence-corrected chi connectivity index (χ4v) is 4.17. The Kier molecular flexibility index (Phi) is 7.30. The van der Waals surface area contributed by atoms with E-state index in [1.54, 1.807) is 0 Å². The van der Waals surface area contributed by atoms with E-state index >= 15 is 0 Å². The number of hydrazine groups is 1. The Morgan fingerprint density at radius 3 is 2.61 bits per heavy atom. The second-order valence-electron chi connectivity index (χ2n) is 8.20. The van der Waals surface area contributed by atoms with Crippen molar-refractivity contribution in [2.75, 3.05) is 13.2 Å². The van der Waals surface area contributed by atoms with Crippen molar-refractivity contribution in [3.8, 4) is 11.5 Å². The molecule has 1 aliphatic carbocycles. The summed E-state index contributed by atoms with van der Waals surface area (Å²) in [6, 6.07) is 2.32. The summed E-state index contributed by atoms with van der Waals surface area (Å²) < 4.78 is 11.3. The lowest BCUT2D eigenvalue weighted by Crippen LogP contribution is -2.51. The Hall–Kier alpha value is -2.48. The Morgan fingerprint density at radius 1 is 1.26 bits per heavy atom. The molecule has 1 saturated carbocycles. The molecule has 0 atom stereocenters. The second-order valence-corrected chi connectivity index (χ2v) is 8.60. The van der Waals surface area contributed by atoms with Gasteiger partial charge in [0.05, 0.1) is 18.2 Å². The number of unbranched alkanes of at least 4 members (excludes halogenated alkanes) is 1. The molecule has 2 fully saturated rings. The van der Waals surface area contributed by atoms with E-state index in [0.717, 1.165) is 30.7 Å². The van der Waals surface area contributed by atoms with Crippen LogP contribution >= 0.6 is 11.6 Å². The zero-order valence-corrected chi connectivity index (χ0v) is 19.0.